The maximum absolute atomic E-state index is 13.4. The second-order valence-corrected chi connectivity index (χ2v) is 10.6. The smallest absolute Gasteiger partial charge is 0.233 e. The van der Waals surface area contributed by atoms with Gasteiger partial charge in [-0.05, 0) is 42.8 Å². The molecule has 0 unspecified atom stereocenters. The Hall–Kier alpha value is -3.43. The molecule has 0 aliphatic carbocycles. The maximum atomic E-state index is 13.4. The molecule has 1 saturated heterocycles. The van der Waals surface area contributed by atoms with Gasteiger partial charge in [0.1, 0.15) is 0 Å². The summed E-state index contributed by atoms with van der Waals surface area (Å²) in [6, 6.07) is 23.6. The molecular formula is C26H22F3N3O2S. The second kappa shape index (κ2) is 8.66. The minimum Gasteiger partial charge on any atom is -0.233 e. The molecule has 5 nitrogen and oxygen atoms in total. The molecule has 0 bridgehead atoms. The highest BCUT2D eigenvalue weighted by molar-refractivity contribution is 7.89. The first-order chi connectivity index (χ1) is 16.6. The van der Waals surface area contributed by atoms with Crippen LogP contribution in [0.1, 0.15) is 22.7 Å². The van der Waals surface area contributed by atoms with Crippen molar-refractivity contribution in [2.75, 3.05) is 13.1 Å². The molecule has 180 valence electrons. The van der Waals surface area contributed by atoms with Crippen molar-refractivity contribution in [3.8, 4) is 16.9 Å². The molecule has 0 atom stereocenters. The lowest BCUT2D eigenvalue weighted by atomic mass is 9.94. The molecule has 1 aliphatic heterocycles. The normalized spacial score (nSPS) is 15.2. The molecule has 2 heterocycles. The van der Waals surface area contributed by atoms with Gasteiger partial charge < -0.3 is 0 Å². The summed E-state index contributed by atoms with van der Waals surface area (Å²) in [6.07, 6.45) is -4.61. The molecule has 3 aromatic carbocycles. The topological polar surface area (TPSA) is 55.2 Å². The van der Waals surface area contributed by atoms with E-state index in [0.29, 0.717) is 24.3 Å². The summed E-state index contributed by atoms with van der Waals surface area (Å²) >= 11 is 0. The number of aryl methyl sites for hydroxylation is 1. The summed E-state index contributed by atoms with van der Waals surface area (Å²) in [5.74, 6) is 0.146. The third-order valence-corrected chi connectivity index (χ3v) is 8.03. The highest BCUT2D eigenvalue weighted by Crippen LogP contribution is 2.35. The zero-order valence-electron chi connectivity index (χ0n) is 18.8. The first kappa shape index (κ1) is 23.3. The summed E-state index contributed by atoms with van der Waals surface area (Å²) in [5.41, 5.74) is 2.23. The highest BCUT2D eigenvalue weighted by atomic mass is 32.2. The molecule has 1 fully saturated rings. The predicted molar refractivity (Wildman–Crippen MR) is 127 cm³/mol. The monoisotopic (exact) mass is 497 g/mol. The van der Waals surface area contributed by atoms with Crippen LogP contribution in [0.25, 0.3) is 16.9 Å². The molecule has 5 rings (SSSR count). The van der Waals surface area contributed by atoms with Crippen molar-refractivity contribution in [3.05, 3.63) is 102 Å². The van der Waals surface area contributed by atoms with E-state index in [4.69, 9.17) is 0 Å². The third-order valence-electron chi connectivity index (χ3n) is 6.19. The molecule has 0 amide bonds. The minimum atomic E-state index is -4.61. The van der Waals surface area contributed by atoms with Crippen LogP contribution in [0, 0.1) is 6.92 Å². The molecule has 4 aromatic rings. The quantitative estimate of drug-likeness (QED) is 0.358. The van der Waals surface area contributed by atoms with Crippen LogP contribution in [0.5, 0.6) is 0 Å². The van der Waals surface area contributed by atoms with E-state index in [1.54, 1.807) is 12.1 Å². The summed E-state index contributed by atoms with van der Waals surface area (Å²) in [7, 11) is -3.70. The van der Waals surface area contributed by atoms with E-state index >= 15 is 0 Å². The van der Waals surface area contributed by atoms with E-state index in [9.17, 15) is 21.6 Å². The number of hydrogen-bond acceptors (Lipinski definition) is 3. The number of alkyl halides is 3. The Bertz CT molecular complexity index is 1440. The number of sulfonamides is 1. The average molecular weight is 498 g/mol. The number of nitrogens with zero attached hydrogens (tertiary/aromatic N) is 3. The van der Waals surface area contributed by atoms with Crippen molar-refractivity contribution in [3.63, 3.8) is 0 Å². The maximum Gasteiger partial charge on any atom is 0.435 e. The SMILES string of the molecule is Cc1ccc(-c2cc(C(F)(F)F)nn2-c2ccc(S(=O)(=O)N3CC(c4ccccc4)C3)cc2)cc1. The van der Waals surface area contributed by atoms with Crippen molar-refractivity contribution in [2.24, 2.45) is 0 Å². The number of hydrogen-bond donors (Lipinski definition) is 0. The van der Waals surface area contributed by atoms with E-state index in [0.717, 1.165) is 17.2 Å². The zero-order valence-corrected chi connectivity index (χ0v) is 19.6. The largest absolute Gasteiger partial charge is 0.435 e. The number of halogens is 3. The molecule has 1 aromatic heterocycles. The molecule has 0 spiro atoms. The third kappa shape index (κ3) is 4.49. The minimum absolute atomic E-state index is 0.0906. The van der Waals surface area contributed by atoms with Crippen LogP contribution < -0.4 is 0 Å². The molecule has 0 radical (unpaired) electrons. The second-order valence-electron chi connectivity index (χ2n) is 8.61. The van der Waals surface area contributed by atoms with Crippen molar-refractivity contribution in [1.82, 2.24) is 14.1 Å². The van der Waals surface area contributed by atoms with E-state index in [2.05, 4.69) is 5.10 Å². The van der Waals surface area contributed by atoms with Crippen molar-refractivity contribution in [1.29, 1.82) is 0 Å². The van der Waals surface area contributed by atoms with Gasteiger partial charge in [0, 0.05) is 24.6 Å². The lowest BCUT2D eigenvalue weighted by molar-refractivity contribution is -0.141. The molecule has 9 heteroatoms. The Kier molecular flexibility index (Phi) is 5.77. The van der Waals surface area contributed by atoms with Gasteiger partial charge in [-0.25, -0.2) is 13.1 Å². The van der Waals surface area contributed by atoms with Gasteiger partial charge in [-0.15, -0.1) is 0 Å². The fraction of sp³-hybridized carbons (Fsp3) is 0.192. The van der Waals surface area contributed by atoms with Crippen molar-refractivity contribution >= 4 is 10.0 Å². The Labute approximate surface area is 201 Å². The summed E-state index contributed by atoms with van der Waals surface area (Å²) in [6.45, 7) is 2.67. The van der Waals surface area contributed by atoms with Crippen LogP contribution in [-0.4, -0.2) is 35.6 Å². The summed E-state index contributed by atoms with van der Waals surface area (Å²) in [5, 5.41) is 3.78. The Morgan fingerprint density at radius 2 is 1.51 bits per heavy atom. The van der Waals surface area contributed by atoms with Gasteiger partial charge in [-0.2, -0.15) is 22.6 Å². The van der Waals surface area contributed by atoms with Gasteiger partial charge in [0.15, 0.2) is 5.69 Å². The van der Waals surface area contributed by atoms with Gasteiger partial charge in [0.25, 0.3) is 0 Å². The van der Waals surface area contributed by atoms with E-state index in [-0.39, 0.29) is 16.5 Å². The van der Waals surface area contributed by atoms with E-state index in [1.165, 1.54) is 33.3 Å². The Morgan fingerprint density at radius 1 is 0.886 bits per heavy atom. The van der Waals surface area contributed by atoms with Crippen LogP contribution >= 0.6 is 0 Å². The van der Waals surface area contributed by atoms with Crippen LogP contribution in [0.3, 0.4) is 0 Å². The Balaban J connectivity index is 1.43. The van der Waals surface area contributed by atoms with Crippen molar-refractivity contribution < 1.29 is 21.6 Å². The summed E-state index contributed by atoms with van der Waals surface area (Å²) < 4.78 is 69.0. The average Bonchev–Trinajstić information content (AvgIpc) is 3.25. The van der Waals surface area contributed by atoms with Gasteiger partial charge >= 0.3 is 6.18 Å². The zero-order chi connectivity index (χ0) is 24.8. The lowest BCUT2D eigenvalue weighted by Gasteiger charge is -2.38. The lowest BCUT2D eigenvalue weighted by Crippen LogP contribution is -2.48. The molecule has 0 N–H and O–H groups in total. The summed E-state index contributed by atoms with van der Waals surface area (Å²) in [4.78, 5) is 0.0906. The van der Waals surface area contributed by atoms with Gasteiger partial charge in [0.2, 0.25) is 10.0 Å². The van der Waals surface area contributed by atoms with Crippen LogP contribution in [0.2, 0.25) is 0 Å². The highest BCUT2D eigenvalue weighted by Gasteiger charge is 2.38. The molecule has 1 aliphatic rings. The number of aromatic nitrogens is 2. The predicted octanol–water partition coefficient (Wildman–Crippen LogP) is 5.65. The van der Waals surface area contributed by atoms with Gasteiger partial charge in [-0.1, -0.05) is 60.2 Å². The first-order valence-electron chi connectivity index (χ1n) is 11.0. The van der Waals surface area contributed by atoms with E-state index in [1.807, 2.05) is 49.4 Å². The van der Waals surface area contributed by atoms with Gasteiger partial charge in [0.05, 0.1) is 16.3 Å². The standard InChI is InChI=1S/C26H22F3N3O2S/c1-18-7-9-20(10-8-18)24-15-25(26(27,28)29)30-32(24)22-11-13-23(14-12-22)35(33,34)31-16-21(17-31)19-5-3-2-4-6-19/h2-15,21H,16-17H2,1H3. The van der Waals surface area contributed by atoms with E-state index < -0.39 is 21.9 Å². The van der Waals surface area contributed by atoms with Crippen molar-refractivity contribution in [2.45, 2.75) is 23.9 Å². The Morgan fingerprint density at radius 3 is 2.11 bits per heavy atom. The number of rotatable bonds is 5. The van der Waals surface area contributed by atoms with Crippen LogP contribution in [0.15, 0.2) is 89.8 Å². The molecular weight excluding hydrogens is 475 g/mol. The first-order valence-corrected chi connectivity index (χ1v) is 12.5. The van der Waals surface area contributed by atoms with Crippen LogP contribution in [-0.2, 0) is 16.2 Å². The molecule has 0 saturated carbocycles. The van der Waals surface area contributed by atoms with Crippen LogP contribution in [0.4, 0.5) is 13.2 Å². The fourth-order valence-corrected chi connectivity index (χ4v) is 5.66. The molecule has 35 heavy (non-hydrogen) atoms. The number of benzene rings is 3. The van der Waals surface area contributed by atoms with Gasteiger partial charge in [-0.3, -0.25) is 0 Å². The fourth-order valence-electron chi connectivity index (χ4n) is 4.13.